The SMILES string of the molecule is C[C@]12CCC(=O)C=C1CC[C@@H]1[C@@H]2[C@@H](O)C[C@@]2(C)[C@H]1CC[C@]2(O)C(=O)COC(=O)C1C2C=CC(C2)C1C(=O)O. The van der Waals surface area contributed by atoms with E-state index in [1.165, 1.54) is 0 Å². The number of fused-ring (bicyclic) bond motifs is 7. The summed E-state index contributed by atoms with van der Waals surface area (Å²) in [5, 5.41) is 33.0. The molecule has 38 heavy (non-hydrogen) atoms. The van der Waals surface area contributed by atoms with Crippen molar-refractivity contribution in [3.63, 3.8) is 0 Å². The molecular formula is C30H38O8. The molecule has 0 heterocycles. The molecule has 0 aromatic heterocycles. The molecule has 0 amide bonds. The molecule has 2 bridgehead atoms. The van der Waals surface area contributed by atoms with Crippen molar-refractivity contribution in [2.24, 2.45) is 52.3 Å². The molecule has 0 aliphatic heterocycles. The van der Waals surface area contributed by atoms with Crippen LogP contribution in [0.1, 0.15) is 65.2 Å². The van der Waals surface area contributed by atoms with Crippen molar-refractivity contribution in [1.29, 1.82) is 0 Å². The lowest BCUT2D eigenvalue weighted by atomic mass is 9.45. The first kappa shape index (κ1) is 25.9. The second-order valence-electron chi connectivity index (χ2n) is 13.3. The number of aliphatic hydroxyl groups excluding tert-OH is 1. The number of allylic oxidation sites excluding steroid dienone is 3. The Morgan fingerprint density at radius 2 is 1.76 bits per heavy atom. The third-order valence-corrected chi connectivity index (χ3v) is 11.9. The highest BCUT2D eigenvalue weighted by atomic mass is 16.5. The van der Waals surface area contributed by atoms with Gasteiger partial charge in [0, 0.05) is 11.8 Å². The summed E-state index contributed by atoms with van der Waals surface area (Å²) < 4.78 is 5.41. The van der Waals surface area contributed by atoms with Gasteiger partial charge in [-0.3, -0.25) is 19.2 Å². The number of carbonyl (C=O) groups is 4. The highest BCUT2D eigenvalue weighted by Crippen LogP contribution is 2.67. The first-order valence-electron chi connectivity index (χ1n) is 14.2. The largest absolute Gasteiger partial charge is 0.481 e. The van der Waals surface area contributed by atoms with E-state index in [2.05, 4.69) is 6.92 Å². The molecule has 0 aromatic rings. The maximum atomic E-state index is 13.5. The molecule has 0 spiro atoms. The van der Waals surface area contributed by atoms with E-state index in [4.69, 9.17) is 4.74 Å². The van der Waals surface area contributed by atoms with Crippen LogP contribution in [-0.2, 0) is 23.9 Å². The quantitative estimate of drug-likeness (QED) is 0.367. The summed E-state index contributed by atoms with van der Waals surface area (Å²) in [5.74, 6) is -4.09. The van der Waals surface area contributed by atoms with Gasteiger partial charge in [0.2, 0.25) is 5.78 Å². The molecule has 8 heteroatoms. The molecular weight excluding hydrogens is 488 g/mol. The van der Waals surface area contributed by atoms with E-state index < -0.39 is 53.3 Å². The number of carboxylic acid groups (broad SMARTS) is 1. The molecule has 6 aliphatic rings. The van der Waals surface area contributed by atoms with Gasteiger partial charge in [0.25, 0.3) is 0 Å². The Morgan fingerprint density at radius 1 is 1.05 bits per heavy atom. The van der Waals surface area contributed by atoms with Gasteiger partial charge in [-0.25, -0.2) is 0 Å². The summed E-state index contributed by atoms with van der Waals surface area (Å²) in [6.07, 6.45) is 9.31. The van der Waals surface area contributed by atoms with Gasteiger partial charge in [-0.05, 0) is 86.0 Å². The van der Waals surface area contributed by atoms with Crippen LogP contribution in [-0.4, -0.2) is 57.1 Å². The van der Waals surface area contributed by atoms with Crippen LogP contribution in [0.4, 0.5) is 0 Å². The number of Topliss-reactive ketones (excluding diaryl/α,β-unsaturated/α-hetero) is 1. The van der Waals surface area contributed by atoms with E-state index >= 15 is 0 Å². The van der Waals surface area contributed by atoms with Gasteiger partial charge in [-0.2, -0.15) is 0 Å². The molecule has 4 fully saturated rings. The molecule has 0 aromatic carbocycles. The minimum Gasteiger partial charge on any atom is -0.481 e. The second-order valence-corrected chi connectivity index (χ2v) is 13.3. The average Bonchev–Trinajstić information content (AvgIpc) is 3.55. The number of rotatable bonds is 5. The number of carboxylic acids is 1. The second kappa shape index (κ2) is 8.59. The smallest absolute Gasteiger partial charge is 0.310 e. The van der Waals surface area contributed by atoms with Crippen molar-refractivity contribution in [1.82, 2.24) is 0 Å². The Hall–Kier alpha value is -2.32. The zero-order valence-corrected chi connectivity index (χ0v) is 22.1. The number of hydrogen-bond acceptors (Lipinski definition) is 7. The van der Waals surface area contributed by atoms with E-state index in [-0.39, 0.29) is 53.6 Å². The van der Waals surface area contributed by atoms with Crippen molar-refractivity contribution < 1.29 is 39.2 Å². The topological polar surface area (TPSA) is 138 Å². The summed E-state index contributed by atoms with van der Waals surface area (Å²) in [5.41, 5.74) is -1.72. The Morgan fingerprint density at radius 3 is 2.47 bits per heavy atom. The molecule has 0 saturated heterocycles. The van der Waals surface area contributed by atoms with Crippen LogP contribution in [0, 0.1) is 52.3 Å². The molecule has 4 unspecified atom stereocenters. The number of ketones is 2. The van der Waals surface area contributed by atoms with Crippen LogP contribution in [0.5, 0.6) is 0 Å². The zero-order chi connectivity index (χ0) is 27.2. The molecule has 6 rings (SSSR count). The summed E-state index contributed by atoms with van der Waals surface area (Å²) in [6.45, 7) is 3.45. The van der Waals surface area contributed by atoms with Gasteiger partial charge < -0.3 is 20.1 Å². The highest BCUT2D eigenvalue weighted by Gasteiger charge is 2.68. The summed E-state index contributed by atoms with van der Waals surface area (Å²) >= 11 is 0. The van der Waals surface area contributed by atoms with Crippen LogP contribution in [0.2, 0.25) is 0 Å². The van der Waals surface area contributed by atoms with Gasteiger partial charge in [-0.1, -0.05) is 31.6 Å². The number of aliphatic carboxylic acids is 1. The predicted octanol–water partition coefficient (Wildman–Crippen LogP) is 2.86. The van der Waals surface area contributed by atoms with Crippen LogP contribution < -0.4 is 0 Å². The minimum atomic E-state index is -1.73. The lowest BCUT2D eigenvalue weighted by molar-refractivity contribution is -0.185. The van der Waals surface area contributed by atoms with Gasteiger partial charge in [0.05, 0.1) is 17.9 Å². The fourth-order valence-electron chi connectivity index (χ4n) is 9.98. The minimum absolute atomic E-state index is 0.0252. The molecule has 8 nitrogen and oxygen atoms in total. The van der Waals surface area contributed by atoms with E-state index in [1.807, 2.05) is 19.1 Å². The van der Waals surface area contributed by atoms with Crippen molar-refractivity contribution in [3.05, 3.63) is 23.8 Å². The molecule has 6 aliphatic carbocycles. The number of aliphatic hydroxyl groups is 2. The monoisotopic (exact) mass is 526 g/mol. The summed E-state index contributed by atoms with van der Waals surface area (Å²) in [4.78, 5) is 50.4. The number of carbonyl (C=O) groups excluding carboxylic acids is 3. The standard InChI is InChI=1S/C30H38O8/c1-28-9-7-18(31)12-17(28)5-6-19-20-8-10-30(37,29(20,2)13-21(32)25(19)28)22(33)14-38-27(36)24-16-4-3-15(11-16)23(24)26(34)35/h3-4,12,15-16,19-21,23-25,32,37H,5-11,13-14H2,1-2H3,(H,34,35)/t15?,16?,19-,20-,21-,23?,24?,25+,28-,29-,30-/m0/s1. The van der Waals surface area contributed by atoms with E-state index in [1.54, 1.807) is 6.08 Å². The third-order valence-electron chi connectivity index (χ3n) is 11.9. The van der Waals surface area contributed by atoms with Crippen LogP contribution in [0.25, 0.3) is 0 Å². The van der Waals surface area contributed by atoms with Crippen molar-refractivity contribution >= 4 is 23.5 Å². The van der Waals surface area contributed by atoms with Gasteiger partial charge in [0.1, 0.15) is 5.60 Å². The predicted molar refractivity (Wildman–Crippen MR) is 134 cm³/mol. The molecule has 0 radical (unpaired) electrons. The van der Waals surface area contributed by atoms with E-state index in [9.17, 15) is 34.5 Å². The van der Waals surface area contributed by atoms with Gasteiger partial charge in [0.15, 0.2) is 12.4 Å². The Bertz CT molecular complexity index is 1150. The molecule has 206 valence electrons. The fraction of sp³-hybridized carbons (Fsp3) is 0.733. The number of hydrogen-bond donors (Lipinski definition) is 3. The van der Waals surface area contributed by atoms with E-state index in [0.717, 1.165) is 18.4 Å². The van der Waals surface area contributed by atoms with E-state index in [0.29, 0.717) is 25.7 Å². The van der Waals surface area contributed by atoms with Crippen molar-refractivity contribution in [2.45, 2.75) is 76.9 Å². The molecule has 11 atom stereocenters. The van der Waals surface area contributed by atoms with Crippen LogP contribution in [0.15, 0.2) is 23.8 Å². The Balaban J connectivity index is 1.19. The van der Waals surface area contributed by atoms with Gasteiger partial charge in [-0.15, -0.1) is 0 Å². The van der Waals surface area contributed by atoms with Gasteiger partial charge >= 0.3 is 11.9 Å². The highest BCUT2D eigenvalue weighted by molar-refractivity contribution is 5.92. The molecule has 4 saturated carbocycles. The Labute approximate surface area is 222 Å². The first-order chi connectivity index (χ1) is 17.9. The van der Waals surface area contributed by atoms with Crippen molar-refractivity contribution in [2.75, 3.05) is 6.61 Å². The summed E-state index contributed by atoms with van der Waals surface area (Å²) in [6, 6.07) is 0. The Kier molecular flexibility index (Phi) is 5.86. The van der Waals surface area contributed by atoms with Crippen molar-refractivity contribution in [3.8, 4) is 0 Å². The maximum Gasteiger partial charge on any atom is 0.310 e. The fourth-order valence-corrected chi connectivity index (χ4v) is 9.98. The first-order valence-corrected chi connectivity index (χ1v) is 14.2. The number of ether oxygens (including phenoxy) is 1. The average molecular weight is 527 g/mol. The normalized spacial score (nSPS) is 48.6. The number of esters is 1. The van der Waals surface area contributed by atoms with Crippen LogP contribution >= 0.6 is 0 Å². The lowest BCUT2D eigenvalue weighted by Gasteiger charge is -2.60. The molecule has 3 N–H and O–H groups in total. The zero-order valence-electron chi connectivity index (χ0n) is 22.1. The summed E-state index contributed by atoms with van der Waals surface area (Å²) in [7, 11) is 0. The van der Waals surface area contributed by atoms with Crippen LogP contribution in [0.3, 0.4) is 0 Å². The third kappa shape index (κ3) is 3.41. The lowest BCUT2D eigenvalue weighted by Crippen LogP contribution is -2.62. The maximum absolute atomic E-state index is 13.5.